The molecule has 0 N–H and O–H groups in total. The van der Waals surface area contributed by atoms with Crippen molar-refractivity contribution < 1.29 is 4.74 Å². The van der Waals surface area contributed by atoms with Crippen LogP contribution in [0.25, 0.3) is 11.6 Å². The van der Waals surface area contributed by atoms with E-state index in [1.165, 1.54) is 16.7 Å². The summed E-state index contributed by atoms with van der Waals surface area (Å²) in [6.07, 6.45) is 2.18. The molecule has 0 atom stereocenters. The van der Waals surface area contributed by atoms with E-state index in [1.807, 2.05) is 19.1 Å². The molecule has 1 aliphatic rings. The van der Waals surface area contributed by atoms with E-state index in [-0.39, 0.29) is 0 Å². The minimum atomic E-state index is 0.701. The summed E-state index contributed by atoms with van der Waals surface area (Å²) in [5, 5.41) is 0. The summed E-state index contributed by atoms with van der Waals surface area (Å²) >= 11 is 0. The van der Waals surface area contributed by atoms with Crippen molar-refractivity contribution in [1.29, 1.82) is 0 Å². The van der Waals surface area contributed by atoms with E-state index in [0.717, 1.165) is 11.3 Å². The lowest BCUT2D eigenvalue weighted by Crippen LogP contribution is -2.06. The quantitative estimate of drug-likeness (QED) is 0.652. The maximum absolute atomic E-state index is 5.62. The fourth-order valence-electron chi connectivity index (χ4n) is 1.67. The van der Waals surface area contributed by atoms with Crippen molar-refractivity contribution in [3.63, 3.8) is 0 Å². The predicted molar refractivity (Wildman–Crippen MR) is 60.3 cm³/mol. The van der Waals surface area contributed by atoms with Gasteiger partial charge < -0.3 is 4.74 Å². The highest BCUT2D eigenvalue weighted by Gasteiger charge is 2.12. The van der Waals surface area contributed by atoms with Crippen LogP contribution in [0.2, 0.25) is 0 Å². The van der Waals surface area contributed by atoms with Gasteiger partial charge in [-0.25, -0.2) is 0 Å². The second-order valence-corrected chi connectivity index (χ2v) is 3.78. The first-order chi connectivity index (χ1) is 6.68. The molecule has 0 radical (unpaired) electrons. The summed E-state index contributed by atoms with van der Waals surface area (Å²) in [5.74, 6) is 0.969. The molecule has 0 amide bonds. The molecule has 0 spiro atoms. The molecule has 1 nitrogen and oxygen atoms in total. The van der Waals surface area contributed by atoms with Gasteiger partial charge in [-0.15, -0.1) is 0 Å². The van der Waals surface area contributed by atoms with E-state index >= 15 is 0 Å². The Morgan fingerprint density at radius 2 is 2.21 bits per heavy atom. The van der Waals surface area contributed by atoms with Crippen LogP contribution in [0.15, 0.2) is 30.4 Å². The first-order valence-electron chi connectivity index (χ1n) is 4.77. The molecule has 1 heteroatoms. The van der Waals surface area contributed by atoms with Crippen molar-refractivity contribution in [2.24, 2.45) is 0 Å². The smallest absolute Gasteiger partial charge is 0.127 e. The van der Waals surface area contributed by atoms with E-state index in [2.05, 4.69) is 25.6 Å². The minimum absolute atomic E-state index is 0.701. The van der Waals surface area contributed by atoms with Crippen LogP contribution >= 0.6 is 0 Å². The molecule has 0 fully saturated rings. The van der Waals surface area contributed by atoms with Gasteiger partial charge in [0.25, 0.3) is 0 Å². The van der Waals surface area contributed by atoms with Gasteiger partial charge in [-0.2, -0.15) is 0 Å². The van der Waals surface area contributed by atoms with Gasteiger partial charge in [0.2, 0.25) is 0 Å². The van der Waals surface area contributed by atoms with Crippen LogP contribution in [0.5, 0.6) is 5.75 Å². The molecule has 1 aromatic rings. The Morgan fingerprint density at radius 3 is 2.93 bits per heavy atom. The lowest BCUT2D eigenvalue weighted by atomic mass is 9.98. The highest BCUT2D eigenvalue weighted by Crippen LogP contribution is 2.31. The van der Waals surface area contributed by atoms with Gasteiger partial charge in [0, 0.05) is 5.56 Å². The summed E-state index contributed by atoms with van der Waals surface area (Å²) in [6, 6.07) is 6.10. The summed E-state index contributed by atoms with van der Waals surface area (Å²) in [7, 11) is 0. The Labute approximate surface area is 84.7 Å². The molecule has 0 saturated carbocycles. The highest BCUT2D eigenvalue weighted by atomic mass is 16.5. The third kappa shape index (κ3) is 1.46. The second kappa shape index (κ2) is 3.33. The van der Waals surface area contributed by atoms with E-state index < -0.39 is 0 Å². The van der Waals surface area contributed by atoms with Gasteiger partial charge in [0.15, 0.2) is 0 Å². The summed E-state index contributed by atoms with van der Waals surface area (Å²) in [4.78, 5) is 0. The Hall–Kier alpha value is -1.50. The molecular formula is C13H14O. The van der Waals surface area contributed by atoms with Crippen LogP contribution < -0.4 is 4.74 Å². The van der Waals surface area contributed by atoms with Gasteiger partial charge in [-0.05, 0) is 37.1 Å². The number of fused-ring (bicyclic) bond motifs is 1. The van der Waals surface area contributed by atoms with Crippen molar-refractivity contribution in [2.45, 2.75) is 13.8 Å². The first kappa shape index (κ1) is 9.07. The zero-order valence-electron chi connectivity index (χ0n) is 8.63. The molecule has 1 heterocycles. The molecule has 0 aliphatic carbocycles. The number of benzene rings is 1. The molecular weight excluding hydrogens is 172 g/mol. The largest absolute Gasteiger partial charge is 0.489 e. The molecule has 72 valence electrons. The Balaban J connectivity index is 2.61. The van der Waals surface area contributed by atoms with Gasteiger partial charge >= 0.3 is 0 Å². The van der Waals surface area contributed by atoms with E-state index in [1.54, 1.807) is 0 Å². The number of ether oxygens (including phenoxy) is 1. The molecule has 2 rings (SSSR count). The molecule has 1 aromatic carbocycles. The second-order valence-electron chi connectivity index (χ2n) is 3.78. The molecule has 0 saturated heterocycles. The SMILES string of the molecule is C=C(C)c1cccc2c1C=C(C)CO2. The van der Waals surface area contributed by atoms with Crippen molar-refractivity contribution in [1.82, 2.24) is 0 Å². The number of allylic oxidation sites excluding steroid dienone is 1. The number of hydrogen-bond donors (Lipinski definition) is 0. The third-order valence-electron chi connectivity index (χ3n) is 2.37. The van der Waals surface area contributed by atoms with E-state index in [9.17, 15) is 0 Å². The van der Waals surface area contributed by atoms with Crippen LogP contribution in [-0.4, -0.2) is 6.61 Å². The predicted octanol–water partition coefficient (Wildman–Crippen LogP) is 3.52. The standard InChI is InChI=1S/C13H14O/c1-9(2)11-5-4-6-13-12(11)7-10(3)8-14-13/h4-7H,1,8H2,2-3H3. The zero-order valence-corrected chi connectivity index (χ0v) is 8.63. The maximum Gasteiger partial charge on any atom is 0.127 e. The van der Waals surface area contributed by atoms with Gasteiger partial charge in [0.1, 0.15) is 12.4 Å². The molecule has 14 heavy (non-hydrogen) atoms. The lowest BCUT2D eigenvalue weighted by Gasteiger charge is -2.18. The average molecular weight is 186 g/mol. The van der Waals surface area contributed by atoms with Crippen LogP contribution in [0.3, 0.4) is 0 Å². The average Bonchev–Trinajstić information content (AvgIpc) is 2.16. The van der Waals surface area contributed by atoms with Crippen LogP contribution in [0, 0.1) is 0 Å². The van der Waals surface area contributed by atoms with Crippen molar-refractivity contribution in [2.75, 3.05) is 6.61 Å². The van der Waals surface area contributed by atoms with Gasteiger partial charge in [0.05, 0.1) is 0 Å². The maximum atomic E-state index is 5.62. The van der Waals surface area contributed by atoms with Crippen LogP contribution in [0.4, 0.5) is 0 Å². The normalized spacial score (nSPS) is 14.0. The number of rotatable bonds is 1. The fourth-order valence-corrected chi connectivity index (χ4v) is 1.67. The first-order valence-corrected chi connectivity index (χ1v) is 4.77. The monoisotopic (exact) mass is 186 g/mol. The Bertz CT molecular complexity index is 413. The van der Waals surface area contributed by atoms with Crippen molar-refractivity contribution in [3.05, 3.63) is 41.5 Å². The zero-order chi connectivity index (χ0) is 10.1. The molecule has 0 bridgehead atoms. The topological polar surface area (TPSA) is 9.23 Å². The van der Waals surface area contributed by atoms with Crippen LogP contribution in [-0.2, 0) is 0 Å². The Kier molecular flexibility index (Phi) is 2.16. The lowest BCUT2D eigenvalue weighted by molar-refractivity contribution is 0.347. The molecule has 1 aliphatic heterocycles. The Morgan fingerprint density at radius 1 is 1.43 bits per heavy atom. The summed E-state index contributed by atoms with van der Waals surface area (Å²) < 4.78 is 5.62. The molecule has 0 unspecified atom stereocenters. The van der Waals surface area contributed by atoms with Gasteiger partial charge in [-0.3, -0.25) is 0 Å². The molecule has 0 aromatic heterocycles. The minimum Gasteiger partial charge on any atom is -0.489 e. The van der Waals surface area contributed by atoms with Crippen LogP contribution in [0.1, 0.15) is 25.0 Å². The van der Waals surface area contributed by atoms with Gasteiger partial charge in [-0.1, -0.05) is 24.3 Å². The summed E-state index contributed by atoms with van der Waals surface area (Å²) in [6.45, 7) is 8.78. The summed E-state index contributed by atoms with van der Waals surface area (Å²) in [5.41, 5.74) is 4.69. The highest BCUT2D eigenvalue weighted by molar-refractivity contribution is 5.77. The van der Waals surface area contributed by atoms with E-state index in [0.29, 0.717) is 6.61 Å². The third-order valence-corrected chi connectivity index (χ3v) is 2.37. The van der Waals surface area contributed by atoms with Crippen molar-refractivity contribution in [3.8, 4) is 5.75 Å². The van der Waals surface area contributed by atoms with E-state index in [4.69, 9.17) is 4.74 Å². The fraction of sp³-hybridized carbons (Fsp3) is 0.231. The van der Waals surface area contributed by atoms with Crippen molar-refractivity contribution >= 4 is 11.6 Å². The number of hydrogen-bond acceptors (Lipinski definition) is 1.